The van der Waals surface area contributed by atoms with Crippen LogP contribution in [0.25, 0.3) is 0 Å². The van der Waals surface area contributed by atoms with Gasteiger partial charge < -0.3 is 10.2 Å². The highest BCUT2D eigenvalue weighted by Gasteiger charge is 2.24. The third-order valence-electron chi connectivity index (χ3n) is 3.91. The lowest BCUT2D eigenvalue weighted by atomic mass is 10.1. The van der Waals surface area contributed by atoms with Crippen LogP contribution in [-0.4, -0.2) is 23.3 Å². The van der Waals surface area contributed by atoms with Gasteiger partial charge in [0.2, 0.25) is 5.91 Å². The van der Waals surface area contributed by atoms with Crippen molar-refractivity contribution in [3.63, 3.8) is 0 Å². The average Bonchev–Trinajstić information content (AvgIpc) is 3.17. The summed E-state index contributed by atoms with van der Waals surface area (Å²) in [6, 6.07) is 5.54. The van der Waals surface area contributed by atoms with Crippen molar-refractivity contribution >= 4 is 28.8 Å². The van der Waals surface area contributed by atoms with Crippen molar-refractivity contribution in [1.82, 2.24) is 10.3 Å². The van der Waals surface area contributed by atoms with Gasteiger partial charge in [-0.1, -0.05) is 6.92 Å². The van der Waals surface area contributed by atoms with Crippen LogP contribution in [0.4, 0.5) is 5.69 Å². The van der Waals surface area contributed by atoms with E-state index in [1.54, 1.807) is 22.3 Å². The molecule has 2 aromatic rings. The van der Waals surface area contributed by atoms with Crippen molar-refractivity contribution in [2.45, 2.75) is 33.2 Å². The molecule has 0 spiro atoms. The fourth-order valence-electron chi connectivity index (χ4n) is 2.73. The van der Waals surface area contributed by atoms with E-state index < -0.39 is 0 Å². The second-order valence-electron chi connectivity index (χ2n) is 5.56. The van der Waals surface area contributed by atoms with Gasteiger partial charge in [0, 0.05) is 35.3 Å². The van der Waals surface area contributed by atoms with Gasteiger partial charge in [0.25, 0.3) is 5.91 Å². The molecule has 0 atom stereocenters. The van der Waals surface area contributed by atoms with E-state index in [-0.39, 0.29) is 11.8 Å². The topological polar surface area (TPSA) is 62.3 Å². The van der Waals surface area contributed by atoms with Crippen LogP contribution < -0.4 is 10.2 Å². The molecule has 5 nitrogen and oxygen atoms in total. The third-order valence-corrected chi connectivity index (χ3v) is 4.87. The fraction of sp³-hybridized carbons (Fsp3) is 0.353. The molecule has 0 fully saturated rings. The summed E-state index contributed by atoms with van der Waals surface area (Å²) in [5.41, 5.74) is 3.59. The van der Waals surface area contributed by atoms with Crippen LogP contribution in [0, 0.1) is 6.92 Å². The van der Waals surface area contributed by atoms with Gasteiger partial charge in [0.15, 0.2) is 0 Å². The first-order valence-corrected chi connectivity index (χ1v) is 8.59. The first-order chi connectivity index (χ1) is 11.1. The van der Waals surface area contributed by atoms with Crippen molar-refractivity contribution in [3.05, 3.63) is 45.4 Å². The zero-order chi connectivity index (χ0) is 16.4. The highest BCUT2D eigenvalue weighted by Crippen LogP contribution is 2.29. The quantitative estimate of drug-likeness (QED) is 0.938. The monoisotopic (exact) mass is 329 g/mol. The number of hydrogen-bond donors (Lipinski definition) is 1. The number of nitrogens with zero attached hydrogens (tertiary/aromatic N) is 2. The van der Waals surface area contributed by atoms with Gasteiger partial charge in [-0.2, -0.15) is 0 Å². The molecule has 2 heterocycles. The summed E-state index contributed by atoms with van der Waals surface area (Å²) in [5, 5.41) is 5.76. The molecule has 1 aromatic carbocycles. The van der Waals surface area contributed by atoms with Crippen LogP contribution in [0.3, 0.4) is 0 Å². The Morgan fingerprint density at radius 2 is 2.22 bits per heavy atom. The van der Waals surface area contributed by atoms with E-state index in [2.05, 4.69) is 10.3 Å². The number of carbonyl (C=O) groups excluding carboxylic acids is 2. The summed E-state index contributed by atoms with van der Waals surface area (Å²) in [4.78, 5) is 30.3. The van der Waals surface area contributed by atoms with E-state index >= 15 is 0 Å². The molecule has 23 heavy (non-hydrogen) atoms. The fourth-order valence-corrected chi connectivity index (χ4v) is 3.45. The third kappa shape index (κ3) is 3.27. The van der Waals surface area contributed by atoms with Crippen molar-refractivity contribution in [2.24, 2.45) is 0 Å². The number of amides is 2. The maximum Gasteiger partial charge on any atom is 0.251 e. The van der Waals surface area contributed by atoms with Gasteiger partial charge >= 0.3 is 0 Å². The minimum Gasteiger partial charge on any atom is -0.346 e. The molecule has 120 valence electrons. The molecule has 1 aliphatic rings. The summed E-state index contributed by atoms with van der Waals surface area (Å²) in [6.45, 7) is 4.94. The van der Waals surface area contributed by atoms with Crippen LogP contribution >= 0.6 is 11.3 Å². The Morgan fingerprint density at radius 3 is 2.91 bits per heavy atom. The second kappa shape index (κ2) is 6.50. The van der Waals surface area contributed by atoms with Crippen molar-refractivity contribution in [2.75, 3.05) is 11.4 Å². The molecule has 6 heteroatoms. The first kappa shape index (κ1) is 15.7. The minimum absolute atomic E-state index is 0.110. The Morgan fingerprint density at radius 1 is 1.39 bits per heavy atom. The van der Waals surface area contributed by atoms with E-state index in [0.29, 0.717) is 25.1 Å². The molecule has 3 rings (SSSR count). The molecule has 1 N–H and O–H groups in total. The van der Waals surface area contributed by atoms with Crippen LogP contribution in [0.5, 0.6) is 0 Å². The number of fused-ring (bicyclic) bond motifs is 1. The average molecular weight is 329 g/mol. The number of anilines is 1. The first-order valence-electron chi connectivity index (χ1n) is 7.71. The smallest absolute Gasteiger partial charge is 0.251 e. The molecule has 1 aliphatic heterocycles. The van der Waals surface area contributed by atoms with Crippen molar-refractivity contribution < 1.29 is 9.59 Å². The largest absolute Gasteiger partial charge is 0.346 e. The van der Waals surface area contributed by atoms with Gasteiger partial charge in [-0.25, -0.2) is 4.98 Å². The number of nitrogens with one attached hydrogen (secondary N) is 1. The summed E-state index contributed by atoms with van der Waals surface area (Å²) in [5.74, 6) is 0.0148. The number of benzene rings is 1. The Hall–Kier alpha value is -2.21. The number of thiazole rings is 1. The minimum atomic E-state index is -0.110. The van der Waals surface area contributed by atoms with E-state index in [4.69, 9.17) is 0 Å². The highest BCUT2D eigenvalue weighted by atomic mass is 32.1. The number of aromatic nitrogens is 1. The van der Waals surface area contributed by atoms with Crippen LogP contribution in [-0.2, 0) is 17.8 Å². The van der Waals surface area contributed by atoms with Crippen LogP contribution in [0.1, 0.15) is 40.0 Å². The Labute approximate surface area is 139 Å². The molecule has 2 amide bonds. The lowest BCUT2D eigenvalue weighted by Crippen LogP contribution is -2.27. The van der Waals surface area contributed by atoms with Gasteiger partial charge in [-0.05, 0) is 37.1 Å². The molecule has 0 saturated heterocycles. The van der Waals surface area contributed by atoms with Crippen molar-refractivity contribution in [3.8, 4) is 0 Å². The molecule has 1 aromatic heterocycles. The molecule has 0 bridgehead atoms. The number of carbonyl (C=O) groups is 2. The van der Waals surface area contributed by atoms with Crippen LogP contribution in [0.15, 0.2) is 23.6 Å². The van der Waals surface area contributed by atoms with Gasteiger partial charge in [0.1, 0.15) is 5.01 Å². The molecular formula is C17H19N3O2S. The van der Waals surface area contributed by atoms with Crippen LogP contribution in [0.2, 0.25) is 0 Å². The van der Waals surface area contributed by atoms with E-state index in [0.717, 1.165) is 28.4 Å². The van der Waals surface area contributed by atoms with E-state index in [1.807, 2.05) is 31.4 Å². The number of aryl methyl sites for hydroxylation is 1. The maximum atomic E-state index is 12.3. The van der Waals surface area contributed by atoms with Gasteiger partial charge in [0.05, 0.1) is 6.54 Å². The zero-order valence-electron chi connectivity index (χ0n) is 13.3. The maximum absolute atomic E-state index is 12.3. The van der Waals surface area contributed by atoms with Gasteiger partial charge in [-0.3, -0.25) is 9.59 Å². The lowest BCUT2D eigenvalue weighted by molar-refractivity contribution is -0.118. The molecule has 0 saturated carbocycles. The van der Waals surface area contributed by atoms with E-state index in [1.165, 1.54) is 0 Å². The number of hydrogen-bond acceptors (Lipinski definition) is 4. The SMILES string of the molecule is CCC(=O)N1CCc2cc(C(=O)NCc3nc(C)cs3)ccc21. The highest BCUT2D eigenvalue weighted by molar-refractivity contribution is 7.09. The second-order valence-corrected chi connectivity index (χ2v) is 6.50. The lowest BCUT2D eigenvalue weighted by Gasteiger charge is -2.16. The Bertz CT molecular complexity index is 754. The van der Waals surface area contributed by atoms with E-state index in [9.17, 15) is 9.59 Å². The molecular weight excluding hydrogens is 310 g/mol. The standard InChI is InChI=1S/C17H19N3O2S/c1-3-16(21)20-7-6-12-8-13(4-5-14(12)20)17(22)18-9-15-19-11(2)10-23-15/h4-5,8,10H,3,6-7,9H2,1-2H3,(H,18,22). The Kier molecular flexibility index (Phi) is 4.43. The molecule has 0 unspecified atom stereocenters. The predicted molar refractivity (Wildman–Crippen MR) is 90.8 cm³/mol. The summed E-state index contributed by atoms with van der Waals surface area (Å²) in [7, 11) is 0. The molecule has 0 aliphatic carbocycles. The normalized spacial score (nSPS) is 13.0. The number of rotatable bonds is 4. The zero-order valence-corrected chi connectivity index (χ0v) is 14.1. The summed E-state index contributed by atoms with van der Waals surface area (Å²) < 4.78 is 0. The predicted octanol–water partition coefficient (Wildman–Crippen LogP) is 2.68. The van der Waals surface area contributed by atoms with Crippen molar-refractivity contribution in [1.29, 1.82) is 0 Å². The van der Waals surface area contributed by atoms with Gasteiger partial charge in [-0.15, -0.1) is 11.3 Å². The Balaban J connectivity index is 1.69. The molecule has 0 radical (unpaired) electrons. The summed E-state index contributed by atoms with van der Waals surface area (Å²) in [6.07, 6.45) is 1.29. The summed E-state index contributed by atoms with van der Waals surface area (Å²) >= 11 is 1.54.